The fraction of sp³-hybridized carbons (Fsp3) is 0.900. The molecule has 0 aromatic carbocycles. The van der Waals surface area contributed by atoms with E-state index in [4.69, 9.17) is 9.47 Å². The molecule has 2 saturated heterocycles. The molecule has 0 aromatic heterocycles. The molecular formula is C20H37N3O4. The van der Waals surface area contributed by atoms with E-state index >= 15 is 0 Å². The van der Waals surface area contributed by atoms with Crippen LogP contribution in [-0.2, 0) is 9.47 Å². The van der Waals surface area contributed by atoms with Crippen molar-refractivity contribution in [2.75, 3.05) is 32.8 Å². The van der Waals surface area contributed by atoms with E-state index in [0.717, 1.165) is 38.8 Å². The molecule has 7 heteroatoms. The van der Waals surface area contributed by atoms with E-state index in [1.165, 1.54) is 0 Å². The van der Waals surface area contributed by atoms with Crippen molar-refractivity contribution in [1.82, 2.24) is 15.1 Å². The number of piperidine rings is 1. The maximum absolute atomic E-state index is 12.5. The molecule has 7 nitrogen and oxygen atoms in total. The van der Waals surface area contributed by atoms with Crippen LogP contribution < -0.4 is 5.32 Å². The van der Waals surface area contributed by atoms with Gasteiger partial charge in [-0.05, 0) is 66.2 Å². The summed E-state index contributed by atoms with van der Waals surface area (Å²) >= 11 is 0. The third-order valence-corrected chi connectivity index (χ3v) is 5.02. The smallest absolute Gasteiger partial charge is 0.410 e. The fourth-order valence-electron chi connectivity index (χ4n) is 3.61. The van der Waals surface area contributed by atoms with E-state index in [2.05, 4.69) is 5.32 Å². The van der Waals surface area contributed by atoms with Gasteiger partial charge in [0.2, 0.25) is 0 Å². The van der Waals surface area contributed by atoms with E-state index in [1.807, 2.05) is 39.5 Å². The van der Waals surface area contributed by atoms with E-state index in [1.54, 1.807) is 4.90 Å². The first-order valence-electron chi connectivity index (χ1n) is 10.3. The van der Waals surface area contributed by atoms with Crippen LogP contribution in [0.5, 0.6) is 0 Å². The lowest BCUT2D eigenvalue weighted by atomic mass is 9.97. The molecule has 2 heterocycles. The lowest BCUT2D eigenvalue weighted by Gasteiger charge is -2.37. The molecule has 0 bridgehead atoms. The minimum Gasteiger partial charge on any atom is -0.444 e. The van der Waals surface area contributed by atoms with Gasteiger partial charge in [0, 0.05) is 38.8 Å². The molecule has 0 aliphatic carbocycles. The highest BCUT2D eigenvalue weighted by molar-refractivity contribution is 5.74. The Morgan fingerprint density at radius 3 is 2.59 bits per heavy atom. The third kappa shape index (κ3) is 7.20. The van der Waals surface area contributed by atoms with Gasteiger partial charge in [-0.2, -0.15) is 0 Å². The summed E-state index contributed by atoms with van der Waals surface area (Å²) in [4.78, 5) is 28.7. The number of nitrogens with one attached hydrogen (secondary N) is 1. The highest BCUT2D eigenvalue weighted by Crippen LogP contribution is 2.21. The van der Waals surface area contributed by atoms with Crippen molar-refractivity contribution < 1.29 is 19.1 Å². The standard InChI is InChI=1S/C20H37N3O4/c1-15(2)23(19(25)27-20(3,4)5)14-16-8-6-10-22(13-16)18(24)21-12-17-9-7-11-26-17/h15-17H,6-14H2,1-5H3,(H,21,24). The molecule has 3 amide bonds. The predicted molar refractivity (Wildman–Crippen MR) is 105 cm³/mol. The Bertz CT molecular complexity index is 498. The molecule has 2 aliphatic heterocycles. The fourth-order valence-corrected chi connectivity index (χ4v) is 3.61. The summed E-state index contributed by atoms with van der Waals surface area (Å²) in [7, 11) is 0. The molecule has 27 heavy (non-hydrogen) atoms. The van der Waals surface area contributed by atoms with Crippen LogP contribution in [0.15, 0.2) is 0 Å². The van der Waals surface area contributed by atoms with Crippen molar-refractivity contribution in [3.63, 3.8) is 0 Å². The molecule has 0 radical (unpaired) electrons. The Balaban J connectivity index is 1.85. The second-order valence-corrected chi connectivity index (χ2v) is 9.00. The maximum atomic E-state index is 12.5. The zero-order valence-corrected chi connectivity index (χ0v) is 17.6. The molecular weight excluding hydrogens is 346 g/mol. The average Bonchev–Trinajstić information content (AvgIpc) is 3.09. The molecule has 0 spiro atoms. The van der Waals surface area contributed by atoms with Crippen molar-refractivity contribution in [3.05, 3.63) is 0 Å². The van der Waals surface area contributed by atoms with Gasteiger partial charge in [0.1, 0.15) is 5.60 Å². The topological polar surface area (TPSA) is 71.1 Å². The van der Waals surface area contributed by atoms with Crippen LogP contribution in [0, 0.1) is 5.92 Å². The minimum absolute atomic E-state index is 0.0245. The Labute approximate surface area is 163 Å². The van der Waals surface area contributed by atoms with Crippen LogP contribution in [0.1, 0.15) is 60.3 Å². The zero-order valence-electron chi connectivity index (χ0n) is 17.6. The number of amides is 3. The van der Waals surface area contributed by atoms with E-state index in [9.17, 15) is 9.59 Å². The largest absolute Gasteiger partial charge is 0.444 e. The van der Waals surface area contributed by atoms with Gasteiger partial charge in [-0.15, -0.1) is 0 Å². The molecule has 0 aromatic rings. The molecule has 2 rings (SSSR count). The number of carbonyl (C=O) groups is 2. The summed E-state index contributed by atoms with van der Waals surface area (Å²) < 4.78 is 11.1. The highest BCUT2D eigenvalue weighted by Gasteiger charge is 2.30. The lowest BCUT2D eigenvalue weighted by molar-refractivity contribution is 0.0130. The van der Waals surface area contributed by atoms with Crippen molar-refractivity contribution in [2.24, 2.45) is 5.92 Å². The summed E-state index contributed by atoms with van der Waals surface area (Å²) in [5, 5.41) is 3.00. The van der Waals surface area contributed by atoms with Gasteiger partial charge in [0.15, 0.2) is 0 Å². The number of likely N-dealkylation sites (tertiary alicyclic amines) is 1. The van der Waals surface area contributed by atoms with Gasteiger partial charge in [-0.1, -0.05) is 0 Å². The van der Waals surface area contributed by atoms with Crippen LogP contribution in [0.4, 0.5) is 9.59 Å². The van der Waals surface area contributed by atoms with Gasteiger partial charge in [-0.25, -0.2) is 9.59 Å². The van der Waals surface area contributed by atoms with E-state index < -0.39 is 5.60 Å². The van der Waals surface area contributed by atoms with Crippen molar-refractivity contribution >= 4 is 12.1 Å². The van der Waals surface area contributed by atoms with E-state index in [0.29, 0.717) is 19.6 Å². The molecule has 2 fully saturated rings. The van der Waals surface area contributed by atoms with Crippen LogP contribution in [0.25, 0.3) is 0 Å². The van der Waals surface area contributed by atoms with Crippen molar-refractivity contribution in [3.8, 4) is 0 Å². The Morgan fingerprint density at radius 1 is 1.26 bits per heavy atom. The third-order valence-electron chi connectivity index (χ3n) is 5.02. The molecule has 0 saturated carbocycles. The second kappa shape index (κ2) is 9.62. The van der Waals surface area contributed by atoms with E-state index in [-0.39, 0.29) is 30.2 Å². The first kappa shape index (κ1) is 21.8. The zero-order chi connectivity index (χ0) is 20.0. The van der Waals surface area contributed by atoms with Crippen LogP contribution >= 0.6 is 0 Å². The predicted octanol–water partition coefficient (Wildman–Crippen LogP) is 3.23. The van der Waals surface area contributed by atoms with Gasteiger partial charge in [-0.3, -0.25) is 0 Å². The Kier molecular flexibility index (Phi) is 7.77. The minimum atomic E-state index is -0.509. The van der Waals surface area contributed by atoms with Crippen molar-refractivity contribution in [1.29, 1.82) is 0 Å². The number of urea groups is 1. The van der Waals surface area contributed by atoms with Crippen LogP contribution in [0.2, 0.25) is 0 Å². The van der Waals surface area contributed by atoms with Crippen LogP contribution in [-0.4, -0.2) is 72.5 Å². The Hall–Kier alpha value is -1.50. The number of hydrogen-bond acceptors (Lipinski definition) is 4. The van der Waals surface area contributed by atoms with Gasteiger partial charge in [0.25, 0.3) is 0 Å². The number of rotatable bonds is 5. The Morgan fingerprint density at radius 2 is 2.00 bits per heavy atom. The summed E-state index contributed by atoms with van der Waals surface area (Å²) in [6.45, 7) is 13.1. The monoisotopic (exact) mass is 383 g/mol. The molecule has 1 N–H and O–H groups in total. The summed E-state index contributed by atoms with van der Waals surface area (Å²) in [5.41, 5.74) is -0.509. The lowest BCUT2D eigenvalue weighted by Crippen LogP contribution is -2.50. The summed E-state index contributed by atoms with van der Waals surface area (Å²) in [6, 6.07) is 0.0344. The molecule has 2 atom stereocenters. The first-order chi connectivity index (χ1) is 12.7. The molecule has 2 aliphatic rings. The summed E-state index contributed by atoms with van der Waals surface area (Å²) in [5.74, 6) is 0.266. The second-order valence-electron chi connectivity index (χ2n) is 9.00. The maximum Gasteiger partial charge on any atom is 0.410 e. The molecule has 2 unspecified atom stereocenters. The van der Waals surface area contributed by atoms with Crippen LogP contribution in [0.3, 0.4) is 0 Å². The van der Waals surface area contributed by atoms with Gasteiger partial charge >= 0.3 is 12.1 Å². The highest BCUT2D eigenvalue weighted by atomic mass is 16.6. The first-order valence-corrected chi connectivity index (χ1v) is 10.3. The normalized spacial score (nSPS) is 23.4. The van der Waals surface area contributed by atoms with Crippen molar-refractivity contribution in [2.45, 2.75) is 78.0 Å². The van der Waals surface area contributed by atoms with Gasteiger partial charge < -0.3 is 24.6 Å². The SMILES string of the molecule is CC(C)N(CC1CCCN(C(=O)NCC2CCCO2)C1)C(=O)OC(C)(C)C. The average molecular weight is 384 g/mol. The number of nitrogens with zero attached hydrogens (tertiary/aromatic N) is 2. The summed E-state index contributed by atoms with van der Waals surface area (Å²) in [6.07, 6.45) is 3.93. The number of hydrogen-bond donors (Lipinski definition) is 1. The van der Waals surface area contributed by atoms with Gasteiger partial charge in [0.05, 0.1) is 6.10 Å². The number of ether oxygens (including phenoxy) is 2. The number of carbonyl (C=O) groups excluding carboxylic acids is 2. The quantitative estimate of drug-likeness (QED) is 0.791. The molecule has 156 valence electrons.